The molecule has 0 atom stereocenters. The van der Waals surface area contributed by atoms with Gasteiger partial charge < -0.3 is 15.1 Å². The molecule has 0 spiro atoms. The van der Waals surface area contributed by atoms with E-state index in [1.807, 2.05) is 12.3 Å². The summed E-state index contributed by atoms with van der Waals surface area (Å²) in [6, 6.07) is 8.57. The molecular weight excluding hydrogens is 380 g/mol. The van der Waals surface area contributed by atoms with Gasteiger partial charge in [0.1, 0.15) is 10.7 Å². The second-order valence-electron chi connectivity index (χ2n) is 7.62. The SMILES string of the molecule is CCN(CC)CCn1nc2c3c(c(NCCN(C)C)ccc31)Sc1ncccc1-2. The first kappa shape index (κ1) is 20.2. The summed E-state index contributed by atoms with van der Waals surface area (Å²) in [7, 11) is 4.20. The van der Waals surface area contributed by atoms with Gasteiger partial charge in [-0.2, -0.15) is 5.10 Å². The number of aromatic nitrogens is 3. The summed E-state index contributed by atoms with van der Waals surface area (Å²) < 4.78 is 2.18. The van der Waals surface area contributed by atoms with Crippen LogP contribution >= 0.6 is 11.8 Å². The molecule has 154 valence electrons. The van der Waals surface area contributed by atoms with Crippen molar-refractivity contribution in [2.45, 2.75) is 30.3 Å². The van der Waals surface area contributed by atoms with E-state index in [1.54, 1.807) is 11.8 Å². The van der Waals surface area contributed by atoms with Crippen molar-refractivity contribution in [1.82, 2.24) is 24.6 Å². The molecule has 0 bridgehead atoms. The number of benzene rings is 1. The lowest BCUT2D eigenvalue weighted by Gasteiger charge is -2.19. The van der Waals surface area contributed by atoms with Crippen molar-refractivity contribution in [1.29, 1.82) is 0 Å². The molecule has 4 rings (SSSR count). The molecule has 0 saturated heterocycles. The van der Waals surface area contributed by atoms with Crippen LogP contribution in [-0.4, -0.2) is 71.4 Å². The standard InChI is InChI=1S/C22H30N6S/c1-5-27(6-2)14-15-28-18-10-9-17(23-12-13-26(3)4)21-19(18)20(25-28)16-8-7-11-24-22(16)29-21/h7-11,23H,5-6,12-15H2,1-4H3. The van der Waals surface area contributed by atoms with E-state index in [1.165, 1.54) is 21.5 Å². The minimum absolute atomic E-state index is 0.894. The first-order valence-electron chi connectivity index (χ1n) is 10.4. The number of likely N-dealkylation sites (N-methyl/N-ethyl adjacent to an activating group) is 2. The van der Waals surface area contributed by atoms with E-state index in [2.05, 4.69) is 70.9 Å². The zero-order valence-corrected chi connectivity index (χ0v) is 18.6. The average molecular weight is 411 g/mol. The topological polar surface area (TPSA) is 49.2 Å². The van der Waals surface area contributed by atoms with E-state index in [0.29, 0.717) is 0 Å². The Morgan fingerprint density at radius 2 is 1.93 bits per heavy atom. The van der Waals surface area contributed by atoms with Crippen LogP contribution in [0.25, 0.3) is 22.2 Å². The Bertz CT molecular complexity index is 992. The fraction of sp³-hybridized carbons (Fsp3) is 0.455. The van der Waals surface area contributed by atoms with Gasteiger partial charge >= 0.3 is 0 Å². The lowest BCUT2D eigenvalue weighted by molar-refractivity contribution is 0.287. The Kier molecular flexibility index (Phi) is 6.08. The third kappa shape index (κ3) is 3.99. The van der Waals surface area contributed by atoms with Crippen molar-refractivity contribution >= 4 is 28.4 Å². The molecule has 0 unspecified atom stereocenters. The second kappa shape index (κ2) is 8.73. The number of anilines is 1. The average Bonchev–Trinajstić information content (AvgIpc) is 3.10. The number of hydrogen-bond acceptors (Lipinski definition) is 6. The Morgan fingerprint density at radius 3 is 2.69 bits per heavy atom. The van der Waals surface area contributed by atoms with Crippen LogP contribution in [0, 0.1) is 0 Å². The molecule has 1 aliphatic heterocycles. The van der Waals surface area contributed by atoms with Crippen molar-refractivity contribution in [2.24, 2.45) is 0 Å². The Morgan fingerprint density at radius 1 is 1.10 bits per heavy atom. The van der Waals surface area contributed by atoms with E-state index in [4.69, 9.17) is 5.10 Å². The second-order valence-corrected chi connectivity index (χ2v) is 8.62. The largest absolute Gasteiger partial charge is 0.383 e. The maximum atomic E-state index is 5.05. The highest BCUT2D eigenvalue weighted by atomic mass is 32.2. The van der Waals surface area contributed by atoms with Crippen LogP contribution in [0.3, 0.4) is 0 Å². The van der Waals surface area contributed by atoms with Crippen molar-refractivity contribution < 1.29 is 0 Å². The molecule has 7 heteroatoms. The van der Waals surface area contributed by atoms with Gasteiger partial charge in [-0.05, 0) is 51.5 Å². The fourth-order valence-corrected chi connectivity index (χ4v) is 4.92. The van der Waals surface area contributed by atoms with Crippen LogP contribution in [-0.2, 0) is 6.54 Å². The lowest BCUT2D eigenvalue weighted by Crippen LogP contribution is -2.27. The third-order valence-electron chi connectivity index (χ3n) is 5.49. The zero-order valence-electron chi connectivity index (χ0n) is 17.8. The molecular formula is C22H30N6S. The molecule has 0 fully saturated rings. The number of pyridine rings is 1. The van der Waals surface area contributed by atoms with Gasteiger partial charge in [-0.3, -0.25) is 4.68 Å². The highest BCUT2D eigenvalue weighted by molar-refractivity contribution is 7.99. The first-order chi connectivity index (χ1) is 14.1. The van der Waals surface area contributed by atoms with Crippen molar-refractivity contribution in [3.8, 4) is 11.3 Å². The van der Waals surface area contributed by atoms with Crippen LogP contribution < -0.4 is 5.32 Å². The number of nitrogens with one attached hydrogen (secondary N) is 1. The molecule has 2 aromatic heterocycles. The fourth-order valence-electron chi connectivity index (χ4n) is 3.78. The van der Waals surface area contributed by atoms with Crippen molar-refractivity contribution in [2.75, 3.05) is 52.1 Å². The number of rotatable bonds is 9. The van der Waals surface area contributed by atoms with Gasteiger partial charge in [0.25, 0.3) is 0 Å². The third-order valence-corrected chi connectivity index (χ3v) is 6.64. The highest BCUT2D eigenvalue weighted by Gasteiger charge is 2.26. The summed E-state index contributed by atoms with van der Waals surface area (Å²) in [5.74, 6) is 0. The summed E-state index contributed by atoms with van der Waals surface area (Å²) in [5, 5.41) is 11.0. The number of fused-ring (bicyclic) bond motifs is 2. The van der Waals surface area contributed by atoms with Crippen LogP contribution in [0.1, 0.15) is 13.8 Å². The Hall–Kier alpha value is -2.09. The Labute approximate surface area is 177 Å². The Balaban J connectivity index is 1.75. The minimum Gasteiger partial charge on any atom is -0.383 e. The predicted molar refractivity (Wildman–Crippen MR) is 122 cm³/mol. The highest BCUT2D eigenvalue weighted by Crippen LogP contribution is 2.49. The quantitative estimate of drug-likeness (QED) is 0.452. The zero-order chi connectivity index (χ0) is 20.4. The molecule has 1 N–H and O–H groups in total. The van der Waals surface area contributed by atoms with Crippen molar-refractivity contribution in [3.63, 3.8) is 0 Å². The number of hydrogen-bond donors (Lipinski definition) is 1. The molecule has 6 nitrogen and oxygen atoms in total. The van der Waals surface area contributed by atoms with Crippen LogP contribution in [0.4, 0.5) is 5.69 Å². The molecule has 0 amide bonds. The molecule has 1 aromatic carbocycles. The minimum atomic E-state index is 0.894. The van der Waals surface area contributed by atoms with Crippen LogP contribution in [0.15, 0.2) is 40.4 Å². The summed E-state index contributed by atoms with van der Waals surface area (Å²) >= 11 is 1.76. The molecule has 1 aliphatic rings. The van der Waals surface area contributed by atoms with E-state index in [-0.39, 0.29) is 0 Å². The molecule has 3 heterocycles. The molecule has 0 radical (unpaired) electrons. The van der Waals surface area contributed by atoms with Gasteiger partial charge in [0.2, 0.25) is 0 Å². The normalized spacial score (nSPS) is 12.8. The lowest BCUT2D eigenvalue weighted by atomic mass is 10.1. The van der Waals surface area contributed by atoms with Gasteiger partial charge in [0.15, 0.2) is 0 Å². The van der Waals surface area contributed by atoms with E-state index in [0.717, 1.165) is 55.6 Å². The summed E-state index contributed by atoms with van der Waals surface area (Å²) in [6.45, 7) is 10.4. The first-order valence-corrected chi connectivity index (χ1v) is 11.2. The van der Waals surface area contributed by atoms with Crippen molar-refractivity contribution in [3.05, 3.63) is 30.5 Å². The van der Waals surface area contributed by atoms with Crippen LogP contribution in [0.2, 0.25) is 0 Å². The van der Waals surface area contributed by atoms with E-state index < -0.39 is 0 Å². The van der Waals surface area contributed by atoms with Gasteiger partial charge in [0.05, 0.1) is 12.1 Å². The number of nitrogens with zero attached hydrogens (tertiary/aromatic N) is 5. The molecule has 29 heavy (non-hydrogen) atoms. The van der Waals surface area contributed by atoms with Gasteiger partial charge in [-0.1, -0.05) is 25.6 Å². The van der Waals surface area contributed by atoms with E-state index in [9.17, 15) is 0 Å². The smallest absolute Gasteiger partial charge is 0.110 e. The summed E-state index contributed by atoms with van der Waals surface area (Å²) in [4.78, 5) is 10.5. The molecule has 3 aromatic rings. The van der Waals surface area contributed by atoms with Crippen LogP contribution in [0.5, 0.6) is 0 Å². The molecule has 0 saturated carbocycles. The maximum Gasteiger partial charge on any atom is 0.110 e. The predicted octanol–water partition coefficient (Wildman–Crippen LogP) is 3.88. The van der Waals surface area contributed by atoms with E-state index >= 15 is 0 Å². The summed E-state index contributed by atoms with van der Waals surface area (Å²) in [5.41, 5.74) is 4.59. The molecule has 0 aliphatic carbocycles. The van der Waals surface area contributed by atoms with Gasteiger partial charge in [-0.25, -0.2) is 4.98 Å². The van der Waals surface area contributed by atoms with Gasteiger partial charge in [-0.15, -0.1) is 0 Å². The maximum absolute atomic E-state index is 5.05. The monoisotopic (exact) mass is 410 g/mol. The van der Waals surface area contributed by atoms with Gasteiger partial charge in [0, 0.05) is 47.4 Å². The summed E-state index contributed by atoms with van der Waals surface area (Å²) in [6.07, 6.45) is 1.87.